The maximum atomic E-state index is 12.0. The van der Waals surface area contributed by atoms with Gasteiger partial charge in [0.25, 0.3) is 0 Å². The number of fused-ring (bicyclic) bond motifs is 2. The number of hydrogen-bond donors (Lipinski definition) is 0. The van der Waals surface area contributed by atoms with E-state index in [1.54, 1.807) is 7.05 Å². The third-order valence-electron chi connectivity index (χ3n) is 4.63. The van der Waals surface area contributed by atoms with Gasteiger partial charge in [0.2, 0.25) is 11.8 Å². The van der Waals surface area contributed by atoms with Crippen molar-refractivity contribution in [2.24, 2.45) is 16.7 Å². The SMILES string of the molecule is CN1C(=O)C2CC[C@@](C)(C1=O)C2(C)C. The molecule has 2 fully saturated rings. The monoisotopic (exact) mass is 195 g/mol. The van der Waals surface area contributed by atoms with E-state index in [-0.39, 0.29) is 28.6 Å². The van der Waals surface area contributed by atoms with E-state index >= 15 is 0 Å². The molecule has 3 nitrogen and oxygen atoms in total. The minimum Gasteiger partial charge on any atom is -0.285 e. The highest BCUT2D eigenvalue weighted by molar-refractivity contribution is 6.03. The lowest BCUT2D eigenvalue weighted by molar-refractivity contribution is -0.165. The summed E-state index contributed by atoms with van der Waals surface area (Å²) in [5.41, 5.74) is -0.506. The molecule has 0 aromatic rings. The van der Waals surface area contributed by atoms with Crippen LogP contribution in [0.25, 0.3) is 0 Å². The minimum atomic E-state index is -0.333. The van der Waals surface area contributed by atoms with Crippen LogP contribution in [0.2, 0.25) is 0 Å². The third-order valence-corrected chi connectivity index (χ3v) is 4.63. The number of piperidine rings is 1. The Bertz CT molecular complexity index is 321. The molecule has 2 amide bonds. The summed E-state index contributed by atoms with van der Waals surface area (Å²) in [7, 11) is 1.61. The van der Waals surface area contributed by atoms with E-state index < -0.39 is 0 Å². The van der Waals surface area contributed by atoms with Gasteiger partial charge in [-0.25, -0.2) is 0 Å². The molecule has 2 atom stereocenters. The van der Waals surface area contributed by atoms with Gasteiger partial charge in [-0.1, -0.05) is 20.8 Å². The molecule has 1 heterocycles. The lowest BCUT2D eigenvalue weighted by Gasteiger charge is -2.46. The van der Waals surface area contributed by atoms with Crippen molar-refractivity contribution in [1.29, 1.82) is 0 Å². The van der Waals surface area contributed by atoms with Gasteiger partial charge in [-0.15, -0.1) is 0 Å². The van der Waals surface area contributed by atoms with E-state index in [1.165, 1.54) is 4.90 Å². The molecule has 1 unspecified atom stereocenters. The van der Waals surface area contributed by atoms with Gasteiger partial charge in [-0.2, -0.15) is 0 Å². The van der Waals surface area contributed by atoms with Crippen LogP contribution in [0.4, 0.5) is 0 Å². The van der Waals surface area contributed by atoms with Gasteiger partial charge in [0.1, 0.15) is 0 Å². The summed E-state index contributed by atoms with van der Waals surface area (Å²) < 4.78 is 0. The largest absolute Gasteiger partial charge is 0.285 e. The molecule has 2 bridgehead atoms. The first-order valence-electron chi connectivity index (χ1n) is 5.14. The third kappa shape index (κ3) is 0.787. The number of likely N-dealkylation sites (tertiary alicyclic amines) is 1. The Morgan fingerprint density at radius 1 is 1.29 bits per heavy atom. The second kappa shape index (κ2) is 2.38. The van der Waals surface area contributed by atoms with Crippen molar-refractivity contribution in [2.75, 3.05) is 7.05 Å². The molecule has 78 valence electrons. The van der Waals surface area contributed by atoms with Crippen LogP contribution in [-0.4, -0.2) is 23.8 Å². The van der Waals surface area contributed by atoms with Crippen molar-refractivity contribution in [3.8, 4) is 0 Å². The van der Waals surface area contributed by atoms with E-state index in [0.717, 1.165) is 12.8 Å². The quantitative estimate of drug-likeness (QED) is 0.548. The van der Waals surface area contributed by atoms with Gasteiger partial charge in [-0.05, 0) is 18.3 Å². The first kappa shape index (κ1) is 9.69. The van der Waals surface area contributed by atoms with Gasteiger partial charge in [-0.3, -0.25) is 14.5 Å². The Balaban J connectivity index is 2.55. The molecule has 1 saturated heterocycles. The van der Waals surface area contributed by atoms with Crippen LogP contribution in [0.15, 0.2) is 0 Å². The molecule has 0 aromatic heterocycles. The highest BCUT2D eigenvalue weighted by Crippen LogP contribution is 2.59. The van der Waals surface area contributed by atoms with E-state index in [9.17, 15) is 9.59 Å². The van der Waals surface area contributed by atoms with Gasteiger partial charge in [0.05, 0.1) is 5.41 Å². The summed E-state index contributed by atoms with van der Waals surface area (Å²) in [5.74, 6) is 0.0476. The highest BCUT2D eigenvalue weighted by atomic mass is 16.2. The number of rotatable bonds is 0. The second-order valence-electron chi connectivity index (χ2n) is 5.35. The number of carbonyl (C=O) groups excluding carboxylic acids is 2. The van der Waals surface area contributed by atoms with Crippen LogP contribution in [0.3, 0.4) is 0 Å². The maximum absolute atomic E-state index is 12.0. The fourth-order valence-corrected chi connectivity index (χ4v) is 3.02. The molecule has 1 saturated carbocycles. The number of carbonyl (C=O) groups is 2. The second-order valence-corrected chi connectivity index (χ2v) is 5.35. The predicted octanol–water partition coefficient (Wildman–Crippen LogP) is 1.43. The first-order valence-corrected chi connectivity index (χ1v) is 5.14. The van der Waals surface area contributed by atoms with Crippen molar-refractivity contribution in [2.45, 2.75) is 33.6 Å². The molecule has 0 radical (unpaired) electrons. The molecule has 0 aromatic carbocycles. The molecule has 1 aliphatic carbocycles. The Hall–Kier alpha value is -0.860. The van der Waals surface area contributed by atoms with Crippen LogP contribution in [-0.2, 0) is 9.59 Å². The number of hydrogen-bond acceptors (Lipinski definition) is 2. The van der Waals surface area contributed by atoms with Gasteiger partial charge in [0.15, 0.2) is 0 Å². The normalized spacial score (nSPS) is 40.6. The van der Waals surface area contributed by atoms with E-state index in [0.29, 0.717) is 0 Å². The Morgan fingerprint density at radius 2 is 1.86 bits per heavy atom. The van der Waals surface area contributed by atoms with Crippen LogP contribution < -0.4 is 0 Å². The van der Waals surface area contributed by atoms with Crippen LogP contribution >= 0.6 is 0 Å². The molecule has 2 rings (SSSR count). The van der Waals surface area contributed by atoms with Crippen molar-refractivity contribution >= 4 is 11.8 Å². The molecule has 14 heavy (non-hydrogen) atoms. The summed E-state index contributed by atoms with van der Waals surface area (Å²) in [6.45, 7) is 6.10. The molecule has 1 aliphatic heterocycles. The average molecular weight is 195 g/mol. The van der Waals surface area contributed by atoms with Crippen molar-refractivity contribution in [3.63, 3.8) is 0 Å². The van der Waals surface area contributed by atoms with Crippen LogP contribution in [0.1, 0.15) is 33.6 Å². The predicted molar refractivity (Wildman–Crippen MR) is 52.4 cm³/mol. The summed E-state index contributed by atoms with van der Waals surface area (Å²) in [5, 5.41) is 0. The van der Waals surface area contributed by atoms with Crippen LogP contribution in [0.5, 0.6) is 0 Å². The highest BCUT2D eigenvalue weighted by Gasteiger charge is 2.63. The average Bonchev–Trinajstić information content (AvgIpc) is 2.30. The molecule has 0 N–H and O–H groups in total. The smallest absolute Gasteiger partial charge is 0.235 e. The van der Waals surface area contributed by atoms with Crippen molar-refractivity contribution in [1.82, 2.24) is 4.90 Å². The Morgan fingerprint density at radius 3 is 2.43 bits per heavy atom. The number of nitrogens with zero attached hydrogens (tertiary/aromatic N) is 1. The maximum Gasteiger partial charge on any atom is 0.235 e. The first-order chi connectivity index (χ1) is 6.32. The zero-order chi connectivity index (χ0) is 10.7. The molecular formula is C11H17NO2. The Labute approximate surface area is 84.5 Å². The van der Waals surface area contributed by atoms with E-state index in [2.05, 4.69) is 0 Å². The topological polar surface area (TPSA) is 37.4 Å². The van der Waals surface area contributed by atoms with Crippen molar-refractivity contribution in [3.05, 3.63) is 0 Å². The molecule has 3 heteroatoms. The summed E-state index contributed by atoms with van der Waals surface area (Å²) in [6, 6.07) is 0. The fraction of sp³-hybridized carbons (Fsp3) is 0.818. The summed E-state index contributed by atoms with van der Waals surface area (Å²) in [6.07, 6.45) is 1.71. The van der Waals surface area contributed by atoms with E-state index in [1.807, 2.05) is 20.8 Å². The number of amides is 2. The van der Waals surface area contributed by atoms with Gasteiger partial charge in [0, 0.05) is 13.0 Å². The standard InChI is InChI=1S/C11H17NO2/c1-10(2)7-5-6-11(10,3)9(14)12(4)8(7)13/h7H,5-6H2,1-4H3/t7?,11-/m0/s1. The van der Waals surface area contributed by atoms with Crippen LogP contribution in [0, 0.1) is 16.7 Å². The summed E-state index contributed by atoms with van der Waals surface area (Å²) in [4.78, 5) is 25.2. The Kier molecular flexibility index (Phi) is 1.65. The lowest BCUT2D eigenvalue weighted by atomic mass is 9.62. The lowest BCUT2D eigenvalue weighted by Crippen LogP contribution is -2.57. The van der Waals surface area contributed by atoms with E-state index in [4.69, 9.17) is 0 Å². The zero-order valence-electron chi connectivity index (χ0n) is 9.26. The molecular weight excluding hydrogens is 178 g/mol. The zero-order valence-corrected chi connectivity index (χ0v) is 9.26. The molecule has 0 spiro atoms. The minimum absolute atomic E-state index is 0.00116. The van der Waals surface area contributed by atoms with Crippen molar-refractivity contribution < 1.29 is 9.59 Å². The fourth-order valence-electron chi connectivity index (χ4n) is 3.02. The van der Waals surface area contributed by atoms with Gasteiger partial charge < -0.3 is 0 Å². The molecule has 2 aliphatic rings. The van der Waals surface area contributed by atoms with Gasteiger partial charge >= 0.3 is 0 Å². The summed E-state index contributed by atoms with van der Waals surface area (Å²) >= 11 is 0. The number of imide groups is 1.